The Balaban J connectivity index is 2.70. The molecule has 4 heteroatoms. The second-order valence-corrected chi connectivity index (χ2v) is 5.26. The predicted octanol–water partition coefficient (Wildman–Crippen LogP) is 2.93. The van der Waals surface area contributed by atoms with E-state index >= 15 is 0 Å². The lowest BCUT2D eigenvalue weighted by Crippen LogP contribution is -2.39. The number of hydrogen-bond acceptors (Lipinski definition) is 2. The molecule has 1 unspecified atom stereocenters. The second kappa shape index (κ2) is 6.74. The van der Waals surface area contributed by atoms with Crippen LogP contribution in [0.4, 0.5) is 0 Å². The highest BCUT2D eigenvalue weighted by Crippen LogP contribution is 2.09. The summed E-state index contributed by atoms with van der Waals surface area (Å²) < 4.78 is 0. The largest absolute Gasteiger partial charge is 0.348 e. The van der Waals surface area contributed by atoms with E-state index in [1.54, 1.807) is 6.07 Å². The molecule has 1 N–H and O–H groups in total. The van der Waals surface area contributed by atoms with Gasteiger partial charge in [0.1, 0.15) is 5.69 Å². The molecule has 0 aliphatic carbocycles. The van der Waals surface area contributed by atoms with Crippen molar-refractivity contribution >= 4 is 21.8 Å². The molecule has 0 aliphatic heterocycles. The Kier molecular flexibility index (Phi) is 5.62. The predicted molar refractivity (Wildman–Crippen MR) is 73.5 cm³/mol. The molecule has 0 saturated carbocycles. The summed E-state index contributed by atoms with van der Waals surface area (Å²) in [6.45, 7) is 6.10. The van der Waals surface area contributed by atoms with Crippen molar-refractivity contribution in [3.63, 3.8) is 0 Å². The molecule has 17 heavy (non-hydrogen) atoms. The van der Waals surface area contributed by atoms with E-state index in [0.717, 1.165) is 17.4 Å². The summed E-state index contributed by atoms with van der Waals surface area (Å²) in [6, 6.07) is 5.67. The number of carbonyl (C=O) groups excluding carboxylic acids is 1. The maximum absolute atomic E-state index is 12.0. The van der Waals surface area contributed by atoms with E-state index in [1.165, 1.54) is 0 Å². The normalized spacial score (nSPS) is 12.5. The number of alkyl halides is 1. The van der Waals surface area contributed by atoms with E-state index in [9.17, 15) is 4.79 Å². The van der Waals surface area contributed by atoms with Crippen molar-refractivity contribution < 1.29 is 4.79 Å². The molecular weight excluding hydrogens is 280 g/mol. The zero-order chi connectivity index (χ0) is 12.8. The van der Waals surface area contributed by atoms with Crippen molar-refractivity contribution in [1.82, 2.24) is 10.3 Å². The molecule has 0 bridgehead atoms. The van der Waals surface area contributed by atoms with Crippen LogP contribution in [0, 0.1) is 12.8 Å². The van der Waals surface area contributed by atoms with E-state index in [4.69, 9.17) is 0 Å². The zero-order valence-electron chi connectivity index (χ0n) is 10.5. The molecule has 1 rings (SSSR count). The average molecular weight is 299 g/mol. The van der Waals surface area contributed by atoms with Gasteiger partial charge >= 0.3 is 0 Å². The van der Waals surface area contributed by atoms with Gasteiger partial charge in [0.25, 0.3) is 5.91 Å². The standard InChI is InChI=1S/C13H19BrN2O/c1-9(2)11(7-8-14)16-13(17)12-6-4-5-10(3)15-12/h4-6,9,11H,7-8H2,1-3H3,(H,16,17). The number of pyridine rings is 1. The van der Waals surface area contributed by atoms with Gasteiger partial charge in [0.15, 0.2) is 0 Å². The number of carbonyl (C=O) groups is 1. The van der Waals surface area contributed by atoms with Gasteiger partial charge in [-0.1, -0.05) is 35.8 Å². The minimum Gasteiger partial charge on any atom is -0.348 e. The van der Waals surface area contributed by atoms with Crippen molar-refractivity contribution in [3.05, 3.63) is 29.6 Å². The fourth-order valence-electron chi connectivity index (χ4n) is 1.60. The van der Waals surface area contributed by atoms with Crippen LogP contribution in [0.2, 0.25) is 0 Å². The molecule has 94 valence electrons. The Morgan fingerprint density at radius 3 is 2.71 bits per heavy atom. The van der Waals surface area contributed by atoms with Crippen LogP contribution >= 0.6 is 15.9 Å². The quantitative estimate of drug-likeness (QED) is 0.849. The first-order chi connectivity index (χ1) is 8.04. The molecule has 1 aromatic heterocycles. The molecule has 0 spiro atoms. The molecule has 1 amide bonds. The van der Waals surface area contributed by atoms with Gasteiger partial charge in [-0.15, -0.1) is 0 Å². The molecule has 1 aromatic rings. The van der Waals surface area contributed by atoms with Crippen molar-refractivity contribution in [3.8, 4) is 0 Å². The number of rotatable bonds is 5. The Labute approximate surface area is 111 Å². The van der Waals surface area contributed by atoms with E-state index in [2.05, 4.69) is 40.1 Å². The molecule has 0 aliphatic rings. The average Bonchev–Trinajstić information content (AvgIpc) is 2.28. The Bertz CT molecular complexity index is 379. The van der Waals surface area contributed by atoms with Crippen LogP contribution < -0.4 is 5.32 Å². The summed E-state index contributed by atoms with van der Waals surface area (Å²) in [4.78, 5) is 16.2. The number of amides is 1. The number of nitrogens with zero attached hydrogens (tertiary/aromatic N) is 1. The SMILES string of the molecule is Cc1cccc(C(=O)NC(CCBr)C(C)C)n1. The van der Waals surface area contributed by atoms with Crippen LogP contribution in [0.3, 0.4) is 0 Å². The first kappa shape index (κ1) is 14.2. The number of nitrogens with one attached hydrogen (secondary N) is 1. The summed E-state index contributed by atoms with van der Waals surface area (Å²) in [5.74, 6) is 0.328. The molecule has 1 heterocycles. The molecule has 3 nitrogen and oxygen atoms in total. The molecular formula is C13H19BrN2O. The maximum Gasteiger partial charge on any atom is 0.270 e. The van der Waals surface area contributed by atoms with Gasteiger partial charge in [-0.3, -0.25) is 4.79 Å². The van der Waals surface area contributed by atoms with Crippen molar-refractivity contribution in [2.24, 2.45) is 5.92 Å². The van der Waals surface area contributed by atoms with Gasteiger partial charge in [0, 0.05) is 17.1 Å². The van der Waals surface area contributed by atoms with Gasteiger partial charge < -0.3 is 5.32 Å². The van der Waals surface area contributed by atoms with Crippen LogP contribution in [-0.2, 0) is 0 Å². The molecule has 0 fully saturated rings. The van der Waals surface area contributed by atoms with Crippen LogP contribution in [0.15, 0.2) is 18.2 Å². The number of hydrogen-bond donors (Lipinski definition) is 1. The van der Waals surface area contributed by atoms with Crippen molar-refractivity contribution in [2.45, 2.75) is 33.2 Å². The third kappa shape index (κ3) is 4.46. The lowest BCUT2D eigenvalue weighted by atomic mass is 10.0. The molecule has 0 saturated heterocycles. The second-order valence-electron chi connectivity index (χ2n) is 4.47. The Morgan fingerprint density at radius 2 is 2.18 bits per heavy atom. The zero-order valence-corrected chi connectivity index (χ0v) is 12.1. The van der Waals surface area contributed by atoms with E-state index in [1.807, 2.05) is 19.1 Å². The van der Waals surface area contributed by atoms with Crippen LogP contribution in [0.1, 0.15) is 36.5 Å². The molecule has 0 aromatic carbocycles. The number of aromatic nitrogens is 1. The first-order valence-electron chi connectivity index (χ1n) is 5.85. The third-order valence-electron chi connectivity index (χ3n) is 2.66. The van der Waals surface area contributed by atoms with Crippen molar-refractivity contribution in [2.75, 3.05) is 5.33 Å². The highest BCUT2D eigenvalue weighted by atomic mass is 79.9. The monoisotopic (exact) mass is 298 g/mol. The maximum atomic E-state index is 12.0. The highest BCUT2D eigenvalue weighted by Gasteiger charge is 2.17. The van der Waals surface area contributed by atoms with Gasteiger partial charge in [-0.2, -0.15) is 0 Å². The Hall–Kier alpha value is -0.900. The summed E-state index contributed by atoms with van der Waals surface area (Å²) >= 11 is 3.41. The fourth-order valence-corrected chi connectivity index (χ4v) is 2.09. The fraction of sp³-hybridized carbons (Fsp3) is 0.538. The lowest BCUT2D eigenvalue weighted by molar-refractivity contribution is 0.0920. The van der Waals surface area contributed by atoms with Crippen LogP contribution in [0.25, 0.3) is 0 Å². The van der Waals surface area contributed by atoms with E-state index in [0.29, 0.717) is 11.6 Å². The molecule has 1 atom stereocenters. The Morgan fingerprint density at radius 1 is 1.47 bits per heavy atom. The minimum atomic E-state index is -0.0895. The third-order valence-corrected chi connectivity index (χ3v) is 3.12. The smallest absolute Gasteiger partial charge is 0.270 e. The van der Waals surface area contributed by atoms with Gasteiger partial charge in [-0.05, 0) is 31.4 Å². The van der Waals surface area contributed by atoms with E-state index < -0.39 is 0 Å². The highest BCUT2D eigenvalue weighted by molar-refractivity contribution is 9.09. The summed E-state index contributed by atoms with van der Waals surface area (Å²) in [6.07, 6.45) is 0.926. The van der Waals surface area contributed by atoms with Crippen molar-refractivity contribution in [1.29, 1.82) is 0 Å². The van der Waals surface area contributed by atoms with E-state index in [-0.39, 0.29) is 11.9 Å². The van der Waals surface area contributed by atoms with Gasteiger partial charge in [0.05, 0.1) is 0 Å². The topological polar surface area (TPSA) is 42.0 Å². The number of halogens is 1. The summed E-state index contributed by atoms with van der Waals surface area (Å²) in [5.41, 5.74) is 1.35. The summed E-state index contributed by atoms with van der Waals surface area (Å²) in [5, 5.41) is 3.92. The number of aryl methyl sites for hydroxylation is 1. The molecule has 0 radical (unpaired) electrons. The van der Waals surface area contributed by atoms with Crippen LogP contribution in [-0.4, -0.2) is 22.3 Å². The summed E-state index contributed by atoms with van der Waals surface area (Å²) in [7, 11) is 0. The lowest BCUT2D eigenvalue weighted by Gasteiger charge is -2.21. The first-order valence-corrected chi connectivity index (χ1v) is 6.97. The van der Waals surface area contributed by atoms with Gasteiger partial charge in [0.2, 0.25) is 0 Å². The minimum absolute atomic E-state index is 0.0895. The van der Waals surface area contributed by atoms with Crippen LogP contribution in [0.5, 0.6) is 0 Å². The van der Waals surface area contributed by atoms with Gasteiger partial charge in [-0.25, -0.2) is 4.98 Å².